The summed E-state index contributed by atoms with van der Waals surface area (Å²) in [6, 6.07) is 2.29. The smallest absolute Gasteiger partial charge is 0.133 e. The summed E-state index contributed by atoms with van der Waals surface area (Å²) in [4.78, 5) is 0. The van der Waals surface area contributed by atoms with E-state index >= 15 is 0 Å². The number of hydrogen-bond acceptors (Lipinski definition) is 2. The molecule has 0 amide bonds. The summed E-state index contributed by atoms with van der Waals surface area (Å²) >= 11 is 0. The monoisotopic (exact) mass is 240 g/mol. The van der Waals surface area contributed by atoms with E-state index in [9.17, 15) is 8.78 Å². The van der Waals surface area contributed by atoms with Crippen LogP contribution in [0.3, 0.4) is 0 Å². The fourth-order valence-electron chi connectivity index (χ4n) is 2.44. The molecule has 0 aromatic heterocycles. The fourth-order valence-corrected chi connectivity index (χ4v) is 2.44. The number of rotatable bonds is 3. The number of nitrogens with two attached hydrogens (primary N) is 1. The molecule has 1 fully saturated rings. The van der Waals surface area contributed by atoms with Crippen LogP contribution in [0, 0.1) is 29.9 Å². The predicted molar refractivity (Wildman–Crippen MR) is 63.0 cm³/mol. The molecule has 2 atom stereocenters. The van der Waals surface area contributed by atoms with E-state index in [2.05, 4.69) is 19.3 Å². The molecule has 1 aromatic rings. The number of nitrogens with one attached hydrogen (secondary N) is 1. The molecule has 17 heavy (non-hydrogen) atoms. The lowest BCUT2D eigenvalue weighted by molar-refractivity contribution is 0.392. The van der Waals surface area contributed by atoms with Gasteiger partial charge in [0, 0.05) is 5.56 Å². The van der Waals surface area contributed by atoms with Gasteiger partial charge in [-0.1, -0.05) is 19.9 Å². The summed E-state index contributed by atoms with van der Waals surface area (Å²) in [6.45, 7) is 5.78. The van der Waals surface area contributed by atoms with Gasteiger partial charge in [0.2, 0.25) is 0 Å². The van der Waals surface area contributed by atoms with Gasteiger partial charge in [-0.3, -0.25) is 11.3 Å². The molecule has 2 nitrogen and oxygen atoms in total. The van der Waals surface area contributed by atoms with Gasteiger partial charge in [0.15, 0.2) is 0 Å². The molecule has 0 saturated heterocycles. The average molecular weight is 240 g/mol. The van der Waals surface area contributed by atoms with Crippen LogP contribution in [0.1, 0.15) is 37.4 Å². The van der Waals surface area contributed by atoms with Crippen LogP contribution in [0.4, 0.5) is 8.78 Å². The summed E-state index contributed by atoms with van der Waals surface area (Å²) < 4.78 is 27.8. The lowest BCUT2D eigenvalue weighted by Gasteiger charge is -2.20. The maximum atomic E-state index is 14.0. The molecule has 0 radical (unpaired) electrons. The van der Waals surface area contributed by atoms with Crippen LogP contribution in [-0.4, -0.2) is 0 Å². The maximum absolute atomic E-state index is 14.0. The van der Waals surface area contributed by atoms with Gasteiger partial charge in [0.25, 0.3) is 0 Å². The second-order valence-electron chi connectivity index (χ2n) is 5.54. The van der Waals surface area contributed by atoms with Crippen molar-refractivity contribution in [3.8, 4) is 0 Å². The lowest BCUT2D eigenvalue weighted by Crippen LogP contribution is -2.32. The van der Waals surface area contributed by atoms with Crippen molar-refractivity contribution in [1.29, 1.82) is 0 Å². The second-order valence-corrected chi connectivity index (χ2v) is 5.54. The third-order valence-corrected chi connectivity index (χ3v) is 3.80. The van der Waals surface area contributed by atoms with Crippen molar-refractivity contribution in [2.75, 3.05) is 0 Å². The third kappa shape index (κ3) is 2.07. The number of benzene rings is 1. The normalized spacial score (nSPS) is 23.5. The van der Waals surface area contributed by atoms with Crippen LogP contribution >= 0.6 is 0 Å². The Bertz CT molecular complexity index is 443. The summed E-state index contributed by atoms with van der Waals surface area (Å²) in [5.41, 5.74) is 3.18. The van der Waals surface area contributed by atoms with E-state index in [1.807, 2.05) is 0 Å². The van der Waals surface area contributed by atoms with Gasteiger partial charge in [0.1, 0.15) is 11.6 Å². The van der Waals surface area contributed by atoms with Crippen LogP contribution in [0.15, 0.2) is 12.1 Å². The molecule has 1 aromatic carbocycles. The molecule has 2 unspecified atom stereocenters. The minimum Gasteiger partial charge on any atom is -0.271 e. The van der Waals surface area contributed by atoms with Gasteiger partial charge in [-0.25, -0.2) is 8.78 Å². The third-order valence-electron chi connectivity index (χ3n) is 3.80. The van der Waals surface area contributed by atoms with Crippen LogP contribution < -0.4 is 11.3 Å². The summed E-state index contributed by atoms with van der Waals surface area (Å²) in [6.07, 6.45) is 0.925. The van der Waals surface area contributed by atoms with Crippen LogP contribution in [0.25, 0.3) is 0 Å². The largest absolute Gasteiger partial charge is 0.271 e. The lowest BCUT2D eigenvalue weighted by atomic mass is 9.95. The Hall–Kier alpha value is -1.00. The average Bonchev–Trinajstić information content (AvgIpc) is 2.88. The molecule has 4 heteroatoms. The SMILES string of the molecule is Cc1ccc(F)c(C(NN)C2CC2(C)C)c1F. The topological polar surface area (TPSA) is 38.0 Å². The number of hydrogen-bond donors (Lipinski definition) is 2. The number of aryl methyl sites for hydroxylation is 1. The van der Waals surface area contributed by atoms with Gasteiger partial charge >= 0.3 is 0 Å². The van der Waals surface area contributed by atoms with Crippen molar-refractivity contribution in [3.05, 3.63) is 34.9 Å². The van der Waals surface area contributed by atoms with E-state index in [0.717, 1.165) is 6.42 Å². The van der Waals surface area contributed by atoms with Gasteiger partial charge in [0.05, 0.1) is 6.04 Å². The Balaban J connectivity index is 2.41. The molecule has 2 rings (SSSR count). The van der Waals surface area contributed by atoms with E-state index in [0.29, 0.717) is 5.56 Å². The first-order valence-electron chi connectivity index (χ1n) is 5.79. The Morgan fingerprint density at radius 3 is 2.47 bits per heavy atom. The fraction of sp³-hybridized carbons (Fsp3) is 0.538. The molecule has 1 aliphatic carbocycles. The van der Waals surface area contributed by atoms with Crippen LogP contribution in [0.5, 0.6) is 0 Å². The van der Waals surface area contributed by atoms with Crippen molar-refractivity contribution in [3.63, 3.8) is 0 Å². The standard InChI is InChI=1S/C13H18F2N2/c1-7-4-5-9(14)10(11(7)15)12(17-16)8-6-13(8,2)3/h4-5,8,12,17H,6,16H2,1-3H3. The highest BCUT2D eigenvalue weighted by molar-refractivity contribution is 5.31. The minimum atomic E-state index is -0.529. The number of halogens is 2. The Morgan fingerprint density at radius 1 is 1.41 bits per heavy atom. The molecule has 94 valence electrons. The van der Waals surface area contributed by atoms with E-state index in [4.69, 9.17) is 5.84 Å². The molecule has 0 heterocycles. The van der Waals surface area contributed by atoms with Crippen molar-refractivity contribution in [2.24, 2.45) is 17.2 Å². The second kappa shape index (κ2) is 4.03. The predicted octanol–water partition coefficient (Wildman–Crippen LogP) is 2.82. The zero-order valence-electron chi connectivity index (χ0n) is 10.3. The Morgan fingerprint density at radius 2 is 2.00 bits per heavy atom. The highest BCUT2D eigenvalue weighted by Crippen LogP contribution is 2.58. The molecular weight excluding hydrogens is 222 g/mol. The highest BCUT2D eigenvalue weighted by atomic mass is 19.1. The molecule has 1 aliphatic rings. The number of hydrazine groups is 1. The highest BCUT2D eigenvalue weighted by Gasteiger charge is 2.51. The van der Waals surface area contributed by atoms with Gasteiger partial charge in [-0.2, -0.15) is 0 Å². The first-order chi connectivity index (χ1) is 7.88. The zero-order chi connectivity index (χ0) is 12.8. The van der Waals surface area contributed by atoms with Crippen molar-refractivity contribution >= 4 is 0 Å². The van der Waals surface area contributed by atoms with E-state index in [1.165, 1.54) is 12.1 Å². The molecule has 0 spiro atoms. The first-order valence-corrected chi connectivity index (χ1v) is 5.79. The summed E-state index contributed by atoms with van der Waals surface area (Å²) in [5, 5.41) is 0. The van der Waals surface area contributed by atoms with E-state index in [-0.39, 0.29) is 16.9 Å². The van der Waals surface area contributed by atoms with Gasteiger partial charge < -0.3 is 0 Å². The minimum absolute atomic E-state index is 0.0723. The Labute approximate surface area is 100 Å². The Kier molecular flexibility index (Phi) is 2.96. The quantitative estimate of drug-likeness (QED) is 0.630. The summed E-state index contributed by atoms with van der Waals surface area (Å²) in [7, 11) is 0. The molecule has 0 bridgehead atoms. The molecule has 1 saturated carbocycles. The van der Waals surface area contributed by atoms with Gasteiger partial charge in [-0.15, -0.1) is 0 Å². The zero-order valence-corrected chi connectivity index (χ0v) is 10.3. The molecule has 0 aliphatic heterocycles. The van der Waals surface area contributed by atoms with Crippen LogP contribution in [0.2, 0.25) is 0 Å². The maximum Gasteiger partial charge on any atom is 0.133 e. The van der Waals surface area contributed by atoms with Crippen LogP contribution in [-0.2, 0) is 0 Å². The van der Waals surface area contributed by atoms with E-state index in [1.54, 1.807) is 6.92 Å². The van der Waals surface area contributed by atoms with Crippen molar-refractivity contribution in [2.45, 2.75) is 33.2 Å². The van der Waals surface area contributed by atoms with E-state index < -0.39 is 17.7 Å². The van der Waals surface area contributed by atoms with Gasteiger partial charge in [-0.05, 0) is 36.3 Å². The van der Waals surface area contributed by atoms with Crippen molar-refractivity contribution < 1.29 is 8.78 Å². The summed E-state index contributed by atoms with van der Waals surface area (Å²) in [5.74, 6) is 4.63. The first kappa shape index (κ1) is 12.5. The van der Waals surface area contributed by atoms with Crippen molar-refractivity contribution in [1.82, 2.24) is 5.43 Å². The molecule has 3 N–H and O–H groups in total. The molecular formula is C13H18F2N2.